The van der Waals surface area contributed by atoms with Crippen molar-refractivity contribution in [2.45, 2.75) is 30.2 Å². The van der Waals surface area contributed by atoms with Crippen molar-refractivity contribution in [3.05, 3.63) is 27.8 Å². The van der Waals surface area contributed by atoms with E-state index in [-0.39, 0.29) is 29.7 Å². The van der Waals surface area contributed by atoms with Crippen molar-refractivity contribution in [2.75, 3.05) is 31.7 Å². The maximum absolute atomic E-state index is 12.3. The van der Waals surface area contributed by atoms with Crippen molar-refractivity contribution in [1.29, 1.82) is 0 Å². The number of nitrogens with two attached hydrogens (primary N) is 1. The Kier molecular flexibility index (Phi) is 7.55. The molecule has 1 aromatic rings. The lowest BCUT2D eigenvalue weighted by atomic mass is 10.0. The Balaban J connectivity index is 3.29. The van der Waals surface area contributed by atoms with Gasteiger partial charge in [0.2, 0.25) is 0 Å². The average Bonchev–Trinajstić information content (AvgIpc) is 2.51. The maximum Gasteiger partial charge on any atom is 0.272 e. The van der Waals surface area contributed by atoms with Crippen molar-refractivity contribution in [1.82, 2.24) is 5.32 Å². The van der Waals surface area contributed by atoms with Gasteiger partial charge in [0.25, 0.3) is 5.69 Å². The van der Waals surface area contributed by atoms with Crippen molar-refractivity contribution in [2.24, 2.45) is 0 Å². The SMILES string of the molecule is CNC(CCO)CCc1c(N)cc([N+](=O)[O-])cc1S(=O)(=O)CCO. The normalized spacial score (nSPS) is 13.0. The second kappa shape index (κ2) is 8.92. The highest BCUT2D eigenvalue weighted by Gasteiger charge is 2.24. The van der Waals surface area contributed by atoms with Crippen molar-refractivity contribution in [3.8, 4) is 0 Å². The van der Waals surface area contributed by atoms with Crippen LogP contribution in [0.25, 0.3) is 0 Å². The zero-order valence-electron chi connectivity index (χ0n) is 13.4. The Bertz CT molecular complexity index is 677. The van der Waals surface area contributed by atoms with Gasteiger partial charge in [-0.3, -0.25) is 10.1 Å². The Labute approximate surface area is 140 Å². The summed E-state index contributed by atoms with van der Waals surface area (Å²) in [6.07, 6.45) is 1.26. The fourth-order valence-corrected chi connectivity index (χ4v) is 3.80. The highest BCUT2D eigenvalue weighted by molar-refractivity contribution is 7.91. The highest BCUT2D eigenvalue weighted by Crippen LogP contribution is 2.30. The molecule has 0 fully saturated rings. The molecule has 9 nitrogen and oxygen atoms in total. The predicted molar refractivity (Wildman–Crippen MR) is 89.5 cm³/mol. The van der Waals surface area contributed by atoms with Crippen LogP contribution in [0.2, 0.25) is 0 Å². The first-order valence-corrected chi connectivity index (χ1v) is 9.10. The Hall–Kier alpha value is -1.75. The number of nitro benzene ring substituents is 1. The summed E-state index contributed by atoms with van der Waals surface area (Å²) in [5.41, 5.74) is 5.77. The van der Waals surface area contributed by atoms with Crippen molar-refractivity contribution < 1.29 is 23.6 Å². The lowest BCUT2D eigenvalue weighted by Crippen LogP contribution is -2.27. The van der Waals surface area contributed by atoms with Crippen LogP contribution in [0.3, 0.4) is 0 Å². The number of anilines is 1. The van der Waals surface area contributed by atoms with E-state index in [4.69, 9.17) is 15.9 Å². The molecule has 0 spiro atoms. The van der Waals surface area contributed by atoms with Gasteiger partial charge in [-0.15, -0.1) is 0 Å². The molecule has 0 heterocycles. The molecule has 1 atom stereocenters. The fourth-order valence-electron chi connectivity index (χ4n) is 2.44. The topological polar surface area (TPSA) is 156 Å². The van der Waals surface area contributed by atoms with Crippen LogP contribution < -0.4 is 11.1 Å². The van der Waals surface area contributed by atoms with Crippen LogP contribution in [0.5, 0.6) is 0 Å². The number of hydrogen-bond acceptors (Lipinski definition) is 8. The smallest absolute Gasteiger partial charge is 0.272 e. The summed E-state index contributed by atoms with van der Waals surface area (Å²) in [6, 6.07) is 2.07. The van der Waals surface area contributed by atoms with Crippen molar-refractivity contribution in [3.63, 3.8) is 0 Å². The summed E-state index contributed by atoms with van der Waals surface area (Å²) < 4.78 is 24.7. The number of nitrogens with zero attached hydrogens (tertiary/aromatic N) is 1. The van der Waals surface area contributed by atoms with Gasteiger partial charge in [-0.1, -0.05) is 0 Å². The molecule has 0 aromatic heterocycles. The third-order valence-corrected chi connectivity index (χ3v) is 5.52. The van der Waals surface area contributed by atoms with E-state index in [0.29, 0.717) is 18.4 Å². The van der Waals surface area contributed by atoms with Gasteiger partial charge in [-0.05, 0) is 31.9 Å². The molecule has 136 valence electrons. The van der Waals surface area contributed by atoms with E-state index in [1.807, 2.05) is 0 Å². The second-order valence-corrected chi connectivity index (χ2v) is 7.43. The summed E-state index contributed by atoms with van der Waals surface area (Å²) in [7, 11) is -2.17. The molecule has 0 amide bonds. The van der Waals surface area contributed by atoms with Crippen LogP contribution >= 0.6 is 0 Å². The highest BCUT2D eigenvalue weighted by atomic mass is 32.2. The largest absolute Gasteiger partial charge is 0.398 e. The van der Waals surface area contributed by atoms with E-state index in [0.717, 1.165) is 12.1 Å². The van der Waals surface area contributed by atoms with E-state index in [1.54, 1.807) is 7.05 Å². The number of aliphatic hydroxyl groups is 2. The summed E-state index contributed by atoms with van der Waals surface area (Å²) in [5, 5.41) is 31.9. The molecule has 0 aliphatic rings. The summed E-state index contributed by atoms with van der Waals surface area (Å²) in [4.78, 5) is 10.0. The second-order valence-electron chi connectivity index (χ2n) is 5.35. The number of rotatable bonds is 10. The van der Waals surface area contributed by atoms with E-state index in [2.05, 4.69) is 5.32 Å². The third-order valence-electron chi connectivity index (χ3n) is 3.76. The predicted octanol–water partition coefficient (Wildman–Crippen LogP) is -0.154. The van der Waals surface area contributed by atoms with Gasteiger partial charge in [0, 0.05) is 30.5 Å². The van der Waals surface area contributed by atoms with E-state index in [9.17, 15) is 18.5 Å². The molecule has 5 N–H and O–H groups in total. The van der Waals surface area contributed by atoms with Crippen LogP contribution in [0.1, 0.15) is 18.4 Å². The summed E-state index contributed by atoms with van der Waals surface area (Å²) in [6.45, 7) is -0.606. The summed E-state index contributed by atoms with van der Waals surface area (Å²) >= 11 is 0. The van der Waals surface area contributed by atoms with Crippen LogP contribution in [-0.2, 0) is 16.3 Å². The number of sulfone groups is 1. The van der Waals surface area contributed by atoms with E-state index >= 15 is 0 Å². The minimum atomic E-state index is -3.89. The van der Waals surface area contributed by atoms with Gasteiger partial charge < -0.3 is 21.3 Å². The van der Waals surface area contributed by atoms with Gasteiger partial charge in [0.1, 0.15) is 0 Å². The van der Waals surface area contributed by atoms with Crippen LogP contribution in [-0.4, -0.2) is 55.6 Å². The van der Waals surface area contributed by atoms with E-state index < -0.39 is 32.8 Å². The molecule has 10 heteroatoms. The number of nitrogens with one attached hydrogen (secondary N) is 1. The van der Waals surface area contributed by atoms with Gasteiger partial charge in [-0.2, -0.15) is 0 Å². The van der Waals surface area contributed by atoms with Gasteiger partial charge in [-0.25, -0.2) is 8.42 Å². The van der Waals surface area contributed by atoms with Gasteiger partial charge >= 0.3 is 0 Å². The molecule has 1 aromatic carbocycles. The third kappa shape index (κ3) is 5.13. The molecular weight excluding hydrogens is 338 g/mol. The van der Waals surface area contributed by atoms with E-state index in [1.165, 1.54) is 0 Å². The first-order chi connectivity index (χ1) is 11.3. The standard InChI is InChI=1S/C14H23N3O6S/c1-16-10(4-5-18)2-3-12-13(15)8-11(17(20)21)9-14(12)24(22,23)7-6-19/h8-10,16,18-19H,2-7,15H2,1H3. The lowest BCUT2D eigenvalue weighted by Gasteiger charge is -2.17. The Morgan fingerprint density at radius 1 is 1.29 bits per heavy atom. The number of nitro groups is 1. The monoisotopic (exact) mass is 361 g/mol. The number of hydrogen-bond donors (Lipinski definition) is 4. The van der Waals surface area contributed by atoms with Gasteiger partial charge in [0.05, 0.1) is 22.2 Å². The maximum atomic E-state index is 12.3. The Morgan fingerprint density at radius 2 is 1.96 bits per heavy atom. The fraction of sp³-hybridized carbons (Fsp3) is 0.571. The minimum Gasteiger partial charge on any atom is -0.398 e. The molecular formula is C14H23N3O6S. The molecule has 0 saturated carbocycles. The lowest BCUT2D eigenvalue weighted by molar-refractivity contribution is -0.385. The first-order valence-electron chi connectivity index (χ1n) is 7.45. The molecule has 0 bridgehead atoms. The molecule has 1 rings (SSSR count). The number of benzene rings is 1. The molecule has 1 unspecified atom stereocenters. The minimum absolute atomic E-state index is 0.0169. The molecule has 0 aliphatic heterocycles. The zero-order valence-corrected chi connectivity index (χ0v) is 14.3. The zero-order chi connectivity index (χ0) is 18.3. The Morgan fingerprint density at radius 3 is 2.46 bits per heavy atom. The number of nitrogen functional groups attached to an aromatic ring is 1. The quantitative estimate of drug-likeness (QED) is 0.254. The molecule has 0 aliphatic carbocycles. The molecule has 0 saturated heterocycles. The molecule has 24 heavy (non-hydrogen) atoms. The average molecular weight is 361 g/mol. The summed E-state index contributed by atoms with van der Waals surface area (Å²) in [5.74, 6) is -0.535. The van der Waals surface area contributed by atoms with Gasteiger partial charge in [0.15, 0.2) is 9.84 Å². The van der Waals surface area contributed by atoms with Crippen LogP contribution in [0, 0.1) is 10.1 Å². The molecule has 0 radical (unpaired) electrons. The number of aliphatic hydroxyl groups excluding tert-OH is 2. The van der Waals surface area contributed by atoms with Crippen LogP contribution in [0.4, 0.5) is 11.4 Å². The van der Waals surface area contributed by atoms with Crippen molar-refractivity contribution >= 4 is 21.2 Å². The number of non-ortho nitro benzene ring substituents is 1. The van der Waals surface area contributed by atoms with Crippen LogP contribution in [0.15, 0.2) is 17.0 Å². The first kappa shape index (κ1) is 20.3.